The smallest absolute Gasteiger partial charge is 0.0828 e. The first-order valence-corrected chi connectivity index (χ1v) is 3.55. The molecule has 1 saturated carbocycles. The van der Waals surface area contributed by atoms with E-state index >= 15 is 0 Å². The molecular formula is C5H9OSi. The van der Waals surface area contributed by atoms with Crippen molar-refractivity contribution in [3.63, 3.8) is 0 Å². The van der Waals surface area contributed by atoms with Crippen LogP contribution >= 0.6 is 0 Å². The van der Waals surface area contributed by atoms with Gasteiger partial charge in [-0.1, -0.05) is 0 Å². The second kappa shape index (κ2) is 0.953. The molecule has 7 heavy (non-hydrogen) atoms. The van der Waals surface area contributed by atoms with Gasteiger partial charge in [-0.3, -0.25) is 0 Å². The van der Waals surface area contributed by atoms with Gasteiger partial charge in [-0.25, -0.2) is 0 Å². The van der Waals surface area contributed by atoms with Crippen LogP contribution in [-0.4, -0.2) is 21.6 Å². The Hall–Kier alpha value is 0.177. The molecule has 1 saturated heterocycles. The summed E-state index contributed by atoms with van der Waals surface area (Å²) in [6, 6.07) is 0. The Kier molecular flexibility index (Phi) is 0.558. The summed E-state index contributed by atoms with van der Waals surface area (Å²) in [5, 5.41) is 0.389. The first-order valence-electron chi connectivity index (χ1n) is 2.84. The molecule has 0 N–H and O–H groups in total. The number of epoxide rings is 1. The van der Waals surface area contributed by atoms with Gasteiger partial charge in [0.15, 0.2) is 0 Å². The molecule has 2 atom stereocenters. The summed E-state index contributed by atoms with van der Waals surface area (Å²) in [5.41, 5.74) is 0. The first-order chi connectivity index (χ1) is 3.31. The van der Waals surface area contributed by atoms with E-state index in [2.05, 4.69) is 0 Å². The second-order valence-corrected chi connectivity index (χ2v) is 3.76. The van der Waals surface area contributed by atoms with Crippen LogP contribution in [0.3, 0.4) is 0 Å². The Balaban J connectivity index is 2.17. The van der Waals surface area contributed by atoms with Crippen molar-refractivity contribution >= 4 is 10.2 Å². The molecule has 1 aliphatic carbocycles. The Morgan fingerprint density at radius 1 is 1.71 bits per heavy atom. The van der Waals surface area contributed by atoms with Gasteiger partial charge in [-0.15, -0.1) is 0 Å². The van der Waals surface area contributed by atoms with Crippen LogP contribution in [0.5, 0.6) is 0 Å². The highest BCUT2D eigenvalue weighted by atomic mass is 28.1. The van der Waals surface area contributed by atoms with Crippen LogP contribution in [0.4, 0.5) is 0 Å². The maximum absolute atomic E-state index is 5.35. The van der Waals surface area contributed by atoms with Crippen molar-refractivity contribution in [2.24, 2.45) is 0 Å². The summed E-state index contributed by atoms with van der Waals surface area (Å²) in [4.78, 5) is 0. The number of rotatable bonds is 0. The van der Waals surface area contributed by atoms with Gasteiger partial charge in [-0.05, 0) is 19.3 Å². The van der Waals surface area contributed by atoms with Crippen molar-refractivity contribution in [1.29, 1.82) is 0 Å². The molecule has 2 heteroatoms. The minimum atomic E-state index is 0.389. The molecule has 0 aromatic heterocycles. The van der Waals surface area contributed by atoms with Gasteiger partial charge in [0.05, 0.1) is 21.6 Å². The van der Waals surface area contributed by atoms with E-state index in [0.29, 0.717) is 11.3 Å². The molecule has 2 aliphatic rings. The number of fused-ring (bicyclic) bond motifs is 1. The zero-order valence-corrected chi connectivity index (χ0v) is 5.73. The van der Waals surface area contributed by atoms with Crippen molar-refractivity contribution in [2.75, 3.05) is 0 Å². The highest BCUT2D eigenvalue weighted by Crippen LogP contribution is 2.46. The fraction of sp³-hybridized carbons (Fsp3) is 1.00. The Bertz CT molecular complexity index is 102. The average molecular weight is 113 g/mol. The molecule has 39 valence electrons. The lowest BCUT2D eigenvalue weighted by molar-refractivity contribution is 0.303. The molecule has 0 aromatic carbocycles. The van der Waals surface area contributed by atoms with Crippen LogP contribution in [-0.2, 0) is 4.74 Å². The van der Waals surface area contributed by atoms with Gasteiger partial charge in [0.25, 0.3) is 0 Å². The van der Waals surface area contributed by atoms with Gasteiger partial charge in [0.2, 0.25) is 0 Å². The number of hydrogen-bond donors (Lipinski definition) is 0. The van der Waals surface area contributed by atoms with Crippen LogP contribution in [0.2, 0.25) is 0 Å². The molecule has 0 spiro atoms. The molecule has 1 radical (unpaired) electrons. The van der Waals surface area contributed by atoms with Crippen LogP contribution in [0.15, 0.2) is 0 Å². The fourth-order valence-electron chi connectivity index (χ4n) is 1.38. The predicted molar refractivity (Wildman–Crippen MR) is 30.0 cm³/mol. The molecule has 2 unspecified atom stereocenters. The highest BCUT2D eigenvalue weighted by molar-refractivity contribution is 6.17. The Morgan fingerprint density at radius 3 is 2.71 bits per heavy atom. The molecule has 2 rings (SSSR count). The van der Waals surface area contributed by atoms with E-state index in [1.54, 1.807) is 0 Å². The summed E-state index contributed by atoms with van der Waals surface area (Å²) in [5.74, 6) is 0. The number of ether oxygens (including phenoxy) is 1. The van der Waals surface area contributed by atoms with Crippen molar-refractivity contribution < 1.29 is 4.74 Å². The third kappa shape index (κ3) is 0.412. The standard InChI is InChI=1S/C5H9OSi/c7-5-3-1-2-4(5)6-5/h4H,1-3,7H2. The maximum atomic E-state index is 5.35. The summed E-state index contributed by atoms with van der Waals surface area (Å²) >= 11 is 0. The van der Waals surface area contributed by atoms with E-state index in [1.807, 2.05) is 10.2 Å². The maximum Gasteiger partial charge on any atom is 0.0828 e. The van der Waals surface area contributed by atoms with Crippen LogP contribution in [0.1, 0.15) is 19.3 Å². The summed E-state index contributed by atoms with van der Waals surface area (Å²) < 4.78 is 5.35. The third-order valence-electron chi connectivity index (χ3n) is 1.97. The van der Waals surface area contributed by atoms with Gasteiger partial charge in [-0.2, -0.15) is 0 Å². The summed E-state index contributed by atoms with van der Waals surface area (Å²) in [6.07, 6.45) is 4.71. The summed E-state index contributed by atoms with van der Waals surface area (Å²) in [7, 11) is 2.02. The Morgan fingerprint density at radius 2 is 2.57 bits per heavy atom. The van der Waals surface area contributed by atoms with E-state index in [0.717, 1.165) is 0 Å². The van der Waals surface area contributed by atoms with Crippen molar-refractivity contribution in [3.05, 3.63) is 0 Å². The number of hydrogen-bond acceptors (Lipinski definition) is 1. The third-order valence-corrected chi connectivity index (χ3v) is 2.95. The van der Waals surface area contributed by atoms with E-state index in [1.165, 1.54) is 19.3 Å². The van der Waals surface area contributed by atoms with Crippen molar-refractivity contribution in [2.45, 2.75) is 30.6 Å². The molecule has 0 bridgehead atoms. The minimum Gasteiger partial charge on any atom is -0.371 e. The van der Waals surface area contributed by atoms with E-state index in [-0.39, 0.29) is 0 Å². The lowest BCUT2D eigenvalue weighted by atomic mass is 10.4. The molecule has 1 nitrogen and oxygen atoms in total. The van der Waals surface area contributed by atoms with E-state index in [9.17, 15) is 0 Å². The summed E-state index contributed by atoms with van der Waals surface area (Å²) in [6.45, 7) is 0. The molecule has 0 aromatic rings. The topological polar surface area (TPSA) is 12.5 Å². The van der Waals surface area contributed by atoms with Crippen LogP contribution in [0, 0.1) is 0 Å². The quantitative estimate of drug-likeness (QED) is 0.316. The fourth-order valence-corrected chi connectivity index (χ4v) is 2.03. The zero-order chi connectivity index (χ0) is 4.91. The zero-order valence-electron chi connectivity index (χ0n) is 4.31. The minimum absolute atomic E-state index is 0.389. The highest BCUT2D eigenvalue weighted by Gasteiger charge is 2.54. The molecule has 1 heterocycles. The van der Waals surface area contributed by atoms with Gasteiger partial charge in [0.1, 0.15) is 0 Å². The normalized spacial score (nSPS) is 57.0. The van der Waals surface area contributed by atoms with Gasteiger partial charge < -0.3 is 4.74 Å². The van der Waals surface area contributed by atoms with Crippen molar-refractivity contribution in [3.8, 4) is 0 Å². The monoisotopic (exact) mass is 113 g/mol. The molecular weight excluding hydrogens is 104 g/mol. The van der Waals surface area contributed by atoms with Crippen LogP contribution < -0.4 is 0 Å². The van der Waals surface area contributed by atoms with Crippen molar-refractivity contribution in [1.82, 2.24) is 0 Å². The van der Waals surface area contributed by atoms with Gasteiger partial charge >= 0.3 is 0 Å². The predicted octanol–water partition coefficient (Wildman–Crippen LogP) is -0.102. The first kappa shape index (κ1) is 4.10. The van der Waals surface area contributed by atoms with Crippen LogP contribution in [0.25, 0.3) is 0 Å². The largest absolute Gasteiger partial charge is 0.371 e. The molecule has 2 fully saturated rings. The Labute approximate surface area is 46.5 Å². The van der Waals surface area contributed by atoms with Gasteiger partial charge in [0, 0.05) is 0 Å². The second-order valence-electron chi connectivity index (χ2n) is 2.56. The molecule has 0 amide bonds. The lowest BCUT2D eigenvalue weighted by Gasteiger charge is -1.93. The SMILES string of the molecule is [SiH2]C12CCCC1O2. The lowest BCUT2D eigenvalue weighted by Crippen LogP contribution is -2.06. The molecule has 1 aliphatic heterocycles. The average Bonchev–Trinajstić information content (AvgIpc) is 2.09. The van der Waals surface area contributed by atoms with E-state index < -0.39 is 0 Å². The van der Waals surface area contributed by atoms with E-state index in [4.69, 9.17) is 4.74 Å².